The van der Waals surface area contributed by atoms with Gasteiger partial charge in [-0.15, -0.1) is 12.8 Å². The average molecular weight is 775 g/mol. The third-order valence-corrected chi connectivity index (χ3v) is 8.11. The van der Waals surface area contributed by atoms with E-state index in [1.165, 1.54) is 18.8 Å². The van der Waals surface area contributed by atoms with E-state index in [4.69, 9.17) is 37.5 Å². The predicted molar refractivity (Wildman–Crippen MR) is 214 cm³/mol. The molecule has 3 heterocycles. The number of amides is 1. The largest absolute Gasteiger partial charge is 0.493 e. The number of hydrogen-bond donors (Lipinski definition) is 3. The van der Waals surface area contributed by atoms with Gasteiger partial charge in [-0.25, -0.2) is 23.7 Å². The first-order valence-electron chi connectivity index (χ1n) is 16.9. The number of aryl methyl sites for hydroxylation is 1. The molecule has 2 aromatic carbocycles. The van der Waals surface area contributed by atoms with Crippen LogP contribution in [0.2, 0.25) is 0 Å². The van der Waals surface area contributed by atoms with Gasteiger partial charge >= 0.3 is 17.3 Å². The van der Waals surface area contributed by atoms with Crippen LogP contribution in [-0.4, -0.2) is 62.6 Å². The molecule has 0 bridgehead atoms. The molecule has 292 valence electrons. The zero-order valence-corrected chi connectivity index (χ0v) is 31.9. The predicted octanol–water partition coefficient (Wildman–Crippen LogP) is 1.21. The zero-order chi connectivity index (χ0) is 41.8. The van der Waals surface area contributed by atoms with E-state index in [2.05, 4.69) is 50.8 Å². The van der Waals surface area contributed by atoms with Crippen LogP contribution in [-0.2, 0) is 31.0 Å². The molecule has 0 unspecified atom stereocenters. The molecule has 0 spiro atoms. The van der Waals surface area contributed by atoms with Crippen molar-refractivity contribution in [2.24, 2.45) is 0 Å². The fraction of sp³-hybridized carbons (Fsp3) is 0.250. The quantitative estimate of drug-likeness (QED) is 0.181. The van der Waals surface area contributed by atoms with E-state index in [9.17, 15) is 24.0 Å². The first-order chi connectivity index (χ1) is 27.4. The molecule has 1 amide bonds. The number of fused-ring (bicyclic) bond motifs is 1. The minimum Gasteiger partial charge on any atom is -0.493 e. The number of hydrogen-bond acceptors (Lipinski definition) is 11. The average Bonchev–Trinajstić information content (AvgIpc) is 3.65. The lowest BCUT2D eigenvalue weighted by molar-refractivity contribution is -0.111. The van der Waals surface area contributed by atoms with Gasteiger partial charge in [0.2, 0.25) is 0 Å². The Labute approximate surface area is 326 Å². The third kappa shape index (κ3) is 9.03. The van der Waals surface area contributed by atoms with Crippen LogP contribution in [0.3, 0.4) is 0 Å². The van der Waals surface area contributed by atoms with Gasteiger partial charge in [-0.1, -0.05) is 23.7 Å². The molecule has 4 N–H and O–H groups in total. The summed E-state index contributed by atoms with van der Waals surface area (Å²) < 4.78 is 25.1. The Hall–Kier alpha value is -8.02. The number of aromatic nitrogens is 6. The van der Waals surface area contributed by atoms with Crippen molar-refractivity contribution in [3.05, 3.63) is 95.0 Å². The molecule has 0 aliphatic heterocycles. The van der Waals surface area contributed by atoms with Crippen molar-refractivity contribution in [2.75, 3.05) is 39.5 Å². The van der Waals surface area contributed by atoms with Gasteiger partial charge in [-0.05, 0) is 56.2 Å². The molecular weight excluding hydrogens is 736 g/mol. The summed E-state index contributed by atoms with van der Waals surface area (Å²) in [6, 6.07) is 10.1. The van der Waals surface area contributed by atoms with Crippen molar-refractivity contribution in [3.8, 4) is 71.4 Å². The lowest BCUT2D eigenvalue weighted by Gasteiger charge is -2.14. The van der Waals surface area contributed by atoms with E-state index in [0.29, 0.717) is 40.7 Å². The number of rotatable bonds is 9. The normalized spacial score (nSPS) is 9.96. The van der Waals surface area contributed by atoms with Gasteiger partial charge in [0.15, 0.2) is 40.0 Å². The number of nitrogen functional groups attached to an aromatic ring is 1. The van der Waals surface area contributed by atoms with Gasteiger partial charge in [-0.3, -0.25) is 23.5 Å². The smallest absolute Gasteiger partial charge is 0.333 e. The summed E-state index contributed by atoms with van der Waals surface area (Å²) in [6.07, 6.45) is 10.5. The maximum atomic E-state index is 12.6. The van der Waals surface area contributed by atoms with Crippen LogP contribution in [0.25, 0.3) is 11.2 Å². The number of imidazole rings is 1. The highest BCUT2D eigenvalue weighted by Gasteiger charge is 2.18. The summed E-state index contributed by atoms with van der Waals surface area (Å²) in [5, 5.41) is 2.35. The van der Waals surface area contributed by atoms with Crippen molar-refractivity contribution in [1.29, 1.82) is 0 Å². The Balaban J connectivity index is 0.000000253. The second-order valence-corrected chi connectivity index (χ2v) is 11.4. The SMILES string of the molecule is C#CCn1c(=O)c(NC(=O)C#Cc2ccc(OC)c(OC)c2)c(N)n(CC)c1=O.C#CCn1c(=O)c2[nH]c(C#Cc3ccc(OC)c(OC)c3)nc2n(CC)c1=O. The number of terminal acetylenes is 2. The summed E-state index contributed by atoms with van der Waals surface area (Å²) in [6.45, 7) is 3.63. The molecule has 57 heavy (non-hydrogen) atoms. The standard InChI is InChI=1S/C20H20N4O5.C20H18N4O4/c1-5-11-24-19(26)17(18(21)23(6-2)20(24)27)22-16(25)10-8-13-7-9-14(28-3)15(12-13)29-4;1-5-11-24-19(25)17-18(23(6-2)20(24)26)22-16(21-17)10-8-13-7-9-14(27-3)15(12-13)28-4/h1,7,9,12H,6,11,21H2,2-4H3,(H,22,25);1,7,9,12H,6,11H2,2-4H3,(H,21,22). The van der Waals surface area contributed by atoms with Gasteiger partial charge in [0.25, 0.3) is 11.1 Å². The van der Waals surface area contributed by atoms with Crippen LogP contribution < -0.4 is 52.5 Å². The highest BCUT2D eigenvalue weighted by atomic mass is 16.5. The molecule has 0 saturated carbocycles. The van der Waals surface area contributed by atoms with E-state index >= 15 is 0 Å². The van der Waals surface area contributed by atoms with E-state index in [1.54, 1.807) is 64.5 Å². The van der Waals surface area contributed by atoms with Crippen molar-refractivity contribution in [1.82, 2.24) is 28.2 Å². The fourth-order valence-electron chi connectivity index (χ4n) is 5.34. The molecule has 5 aromatic rings. The molecule has 0 aliphatic carbocycles. The van der Waals surface area contributed by atoms with Gasteiger partial charge in [-0.2, -0.15) is 0 Å². The van der Waals surface area contributed by atoms with Crippen LogP contribution in [0.1, 0.15) is 30.8 Å². The van der Waals surface area contributed by atoms with Crippen molar-refractivity contribution in [2.45, 2.75) is 40.0 Å². The highest BCUT2D eigenvalue weighted by molar-refractivity contribution is 6.05. The molecule has 17 nitrogen and oxygen atoms in total. The van der Waals surface area contributed by atoms with Crippen molar-refractivity contribution in [3.63, 3.8) is 0 Å². The molecule has 0 atom stereocenters. The number of anilines is 2. The second-order valence-electron chi connectivity index (χ2n) is 11.4. The van der Waals surface area contributed by atoms with Crippen LogP contribution in [0.4, 0.5) is 11.5 Å². The molecular formula is C40H38N8O9. The van der Waals surface area contributed by atoms with Crippen molar-refractivity contribution >= 4 is 28.6 Å². The molecule has 0 aliphatic rings. The number of carbonyl (C=O) groups excluding carboxylic acids is 1. The van der Waals surface area contributed by atoms with Crippen LogP contribution >= 0.6 is 0 Å². The van der Waals surface area contributed by atoms with Crippen LogP contribution in [0.5, 0.6) is 23.0 Å². The zero-order valence-electron chi connectivity index (χ0n) is 31.9. The summed E-state index contributed by atoms with van der Waals surface area (Å²) >= 11 is 0. The molecule has 0 saturated heterocycles. The number of H-pyrrole nitrogens is 1. The van der Waals surface area contributed by atoms with E-state index in [1.807, 2.05) is 0 Å². The minimum absolute atomic E-state index is 0.112. The third-order valence-electron chi connectivity index (χ3n) is 8.11. The van der Waals surface area contributed by atoms with Gasteiger partial charge in [0.05, 0.1) is 41.5 Å². The van der Waals surface area contributed by atoms with Gasteiger partial charge in [0, 0.05) is 30.1 Å². The molecule has 3 aromatic heterocycles. The minimum atomic E-state index is -0.795. The monoisotopic (exact) mass is 774 g/mol. The lowest BCUT2D eigenvalue weighted by atomic mass is 10.2. The van der Waals surface area contributed by atoms with Gasteiger partial charge in [0.1, 0.15) is 11.5 Å². The van der Waals surface area contributed by atoms with Gasteiger partial charge < -0.3 is 35.0 Å². The van der Waals surface area contributed by atoms with Crippen LogP contribution in [0, 0.1) is 48.4 Å². The topological polar surface area (TPSA) is 209 Å². The summed E-state index contributed by atoms with van der Waals surface area (Å²) in [7, 11) is 6.08. The fourth-order valence-corrected chi connectivity index (χ4v) is 5.34. The maximum Gasteiger partial charge on any atom is 0.333 e. The number of nitrogens with one attached hydrogen (secondary N) is 2. The van der Waals surface area contributed by atoms with E-state index in [0.717, 1.165) is 13.7 Å². The first-order valence-corrected chi connectivity index (χ1v) is 16.9. The molecule has 5 rings (SSSR count). The Morgan fingerprint density at radius 2 is 1.25 bits per heavy atom. The van der Waals surface area contributed by atoms with E-state index in [-0.39, 0.29) is 48.1 Å². The number of carbonyl (C=O) groups is 1. The van der Waals surface area contributed by atoms with Crippen LogP contribution in [0.15, 0.2) is 55.6 Å². The molecule has 0 fully saturated rings. The number of benzene rings is 2. The summed E-state index contributed by atoms with van der Waals surface area (Å²) in [4.78, 5) is 69.2. The number of methoxy groups -OCH3 is 4. The summed E-state index contributed by atoms with van der Waals surface area (Å²) in [5.74, 6) is 16.8. The number of nitrogens with zero attached hydrogens (tertiary/aromatic N) is 5. The second kappa shape index (κ2) is 18.8. The Morgan fingerprint density at radius 1 is 0.737 bits per heavy atom. The Kier molecular flexibility index (Phi) is 13.8. The molecule has 0 radical (unpaired) electrons. The molecule has 17 heteroatoms. The Morgan fingerprint density at radius 3 is 1.75 bits per heavy atom. The maximum absolute atomic E-state index is 12.6. The number of nitrogens with two attached hydrogens (primary N) is 1. The lowest BCUT2D eigenvalue weighted by Crippen LogP contribution is -2.42. The highest BCUT2D eigenvalue weighted by Crippen LogP contribution is 2.28. The van der Waals surface area contributed by atoms with Crippen molar-refractivity contribution < 1.29 is 23.7 Å². The summed E-state index contributed by atoms with van der Waals surface area (Å²) in [5.41, 5.74) is 4.78. The first kappa shape index (κ1) is 41.7. The number of ether oxygens (including phenoxy) is 4. The Bertz CT molecular complexity index is 2810. The number of aromatic amines is 1. The van der Waals surface area contributed by atoms with E-state index < -0.39 is 28.4 Å².